The normalized spacial score (nSPS) is 12.7. The van der Waals surface area contributed by atoms with Crippen molar-refractivity contribution in [2.24, 2.45) is 0 Å². The fourth-order valence-electron chi connectivity index (χ4n) is 1.04. The molecule has 3 nitrogen and oxygen atoms in total. The molecule has 0 radical (unpaired) electrons. The van der Waals surface area contributed by atoms with E-state index in [4.69, 9.17) is 0 Å². The second-order valence-corrected chi connectivity index (χ2v) is 4.99. The van der Waals surface area contributed by atoms with Crippen LogP contribution in [0.15, 0.2) is 30.3 Å². The largest absolute Gasteiger partial charge is 0.402 e. The molecule has 1 aromatic carbocycles. The van der Waals surface area contributed by atoms with Crippen molar-refractivity contribution >= 4 is 10.0 Å². The van der Waals surface area contributed by atoms with Crippen LogP contribution in [0.25, 0.3) is 0 Å². The molecule has 0 saturated carbocycles. The molecule has 90 valence electrons. The number of hydrogen-bond donors (Lipinski definition) is 1. The Morgan fingerprint density at radius 3 is 2.19 bits per heavy atom. The van der Waals surface area contributed by atoms with E-state index in [1.165, 1.54) is 16.9 Å². The number of hydrogen-bond acceptors (Lipinski definition) is 2. The summed E-state index contributed by atoms with van der Waals surface area (Å²) in [7, 11) is -3.94. The van der Waals surface area contributed by atoms with Crippen LogP contribution in [-0.4, -0.2) is 21.1 Å². The summed E-state index contributed by atoms with van der Waals surface area (Å²) in [6.45, 7) is -1.54. The first kappa shape index (κ1) is 13.0. The third kappa shape index (κ3) is 5.13. The van der Waals surface area contributed by atoms with Crippen molar-refractivity contribution in [3.63, 3.8) is 0 Å². The highest BCUT2D eigenvalue weighted by molar-refractivity contribution is 7.88. The summed E-state index contributed by atoms with van der Waals surface area (Å²) in [5.74, 6) is -0.454. The van der Waals surface area contributed by atoms with Gasteiger partial charge in [0.2, 0.25) is 10.0 Å². The maximum Gasteiger partial charge on any atom is 0.402 e. The molecule has 0 fully saturated rings. The van der Waals surface area contributed by atoms with E-state index in [0.29, 0.717) is 5.56 Å². The maximum absolute atomic E-state index is 11.8. The Hall–Kier alpha value is -1.08. The van der Waals surface area contributed by atoms with Gasteiger partial charge < -0.3 is 0 Å². The Balaban J connectivity index is 2.60. The highest BCUT2D eigenvalue weighted by Crippen LogP contribution is 2.13. The Morgan fingerprint density at radius 2 is 1.69 bits per heavy atom. The molecule has 0 spiro atoms. The smallest absolute Gasteiger partial charge is 0.212 e. The number of alkyl halides is 3. The predicted octanol–water partition coefficient (Wildman–Crippen LogP) is 1.67. The van der Waals surface area contributed by atoms with Gasteiger partial charge in [-0.3, -0.25) is 0 Å². The molecular formula is C9H10F3NO2S. The van der Waals surface area contributed by atoms with Crippen LogP contribution in [0.1, 0.15) is 5.56 Å². The quantitative estimate of drug-likeness (QED) is 0.887. The Labute approximate surface area is 91.3 Å². The lowest BCUT2D eigenvalue weighted by Gasteiger charge is -2.09. The molecule has 16 heavy (non-hydrogen) atoms. The van der Waals surface area contributed by atoms with E-state index in [1.807, 2.05) is 0 Å². The van der Waals surface area contributed by atoms with Crippen LogP contribution in [-0.2, 0) is 15.8 Å². The summed E-state index contributed by atoms with van der Waals surface area (Å²) >= 11 is 0. The number of halogens is 3. The number of benzene rings is 1. The van der Waals surface area contributed by atoms with E-state index >= 15 is 0 Å². The van der Waals surface area contributed by atoms with Crippen LogP contribution in [0.2, 0.25) is 0 Å². The monoisotopic (exact) mass is 253 g/mol. The summed E-state index contributed by atoms with van der Waals surface area (Å²) in [5, 5.41) is 0. The minimum Gasteiger partial charge on any atom is -0.212 e. The van der Waals surface area contributed by atoms with Crippen molar-refractivity contribution in [1.29, 1.82) is 0 Å². The third-order valence-corrected chi connectivity index (χ3v) is 2.99. The topological polar surface area (TPSA) is 46.2 Å². The Morgan fingerprint density at radius 1 is 1.12 bits per heavy atom. The van der Waals surface area contributed by atoms with Crippen LogP contribution < -0.4 is 4.72 Å². The molecule has 0 unspecified atom stereocenters. The van der Waals surface area contributed by atoms with Gasteiger partial charge >= 0.3 is 6.18 Å². The number of nitrogens with one attached hydrogen (secondary N) is 1. The lowest BCUT2D eigenvalue weighted by atomic mass is 10.2. The highest BCUT2D eigenvalue weighted by atomic mass is 32.2. The van der Waals surface area contributed by atoms with Crippen molar-refractivity contribution in [2.45, 2.75) is 11.9 Å². The third-order valence-electron chi connectivity index (χ3n) is 1.69. The van der Waals surface area contributed by atoms with Gasteiger partial charge in [-0.25, -0.2) is 13.1 Å². The fourth-order valence-corrected chi connectivity index (χ4v) is 2.15. The Kier molecular flexibility index (Phi) is 3.93. The second-order valence-electron chi connectivity index (χ2n) is 3.18. The van der Waals surface area contributed by atoms with E-state index in [1.54, 1.807) is 18.2 Å². The van der Waals surface area contributed by atoms with E-state index in [9.17, 15) is 21.6 Å². The van der Waals surface area contributed by atoms with E-state index in [-0.39, 0.29) is 0 Å². The standard InChI is InChI=1S/C9H10F3NO2S/c10-9(11,12)7-13-16(14,15)6-8-4-2-1-3-5-8/h1-5,13H,6-7H2. The molecule has 7 heteroatoms. The maximum atomic E-state index is 11.8. The van der Waals surface area contributed by atoms with Gasteiger partial charge in [-0.2, -0.15) is 13.2 Å². The highest BCUT2D eigenvalue weighted by Gasteiger charge is 2.29. The molecule has 0 atom stereocenters. The van der Waals surface area contributed by atoms with Crippen LogP contribution in [0.5, 0.6) is 0 Å². The Bertz CT molecular complexity index is 428. The number of sulfonamides is 1. The molecule has 0 aliphatic carbocycles. The summed E-state index contributed by atoms with van der Waals surface area (Å²) < 4.78 is 59.4. The van der Waals surface area contributed by atoms with E-state index in [2.05, 4.69) is 0 Å². The van der Waals surface area contributed by atoms with Crippen molar-refractivity contribution in [1.82, 2.24) is 4.72 Å². The lowest BCUT2D eigenvalue weighted by Crippen LogP contribution is -2.34. The molecule has 1 N–H and O–H groups in total. The summed E-state index contributed by atoms with van der Waals surface area (Å²) in [5.41, 5.74) is 0.442. The van der Waals surface area contributed by atoms with E-state index in [0.717, 1.165) is 0 Å². The second kappa shape index (κ2) is 4.84. The first-order valence-corrected chi connectivity index (χ1v) is 6.02. The van der Waals surface area contributed by atoms with Crippen LogP contribution in [0, 0.1) is 0 Å². The van der Waals surface area contributed by atoms with Gasteiger partial charge in [-0.05, 0) is 5.56 Å². The zero-order valence-corrected chi connectivity index (χ0v) is 8.98. The van der Waals surface area contributed by atoms with Gasteiger partial charge in [0.15, 0.2) is 0 Å². The van der Waals surface area contributed by atoms with Gasteiger partial charge in [0, 0.05) is 0 Å². The zero-order valence-electron chi connectivity index (χ0n) is 8.16. The molecule has 0 aliphatic heterocycles. The van der Waals surface area contributed by atoms with Gasteiger partial charge in [0.1, 0.15) is 6.54 Å². The summed E-state index contributed by atoms with van der Waals surface area (Å²) in [6.07, 6.45) is -4.54. The first-order chi connectivity index (χ1) is 7.29. The average molecular weight is 253 g/mol. The fraction of sp³-hybridized carbons (Fsp3) is 0.333. The van der Waals surface area contributed by atoms with Crippen molar-refractivity contribution in [2.75, 3.05) is 6.54 Å². The molecule has 0 aromatic heterocycles. The summed E-state index contributed by atoms with van der Waals surface area (Å²) in [4.78, 5) is 0. The van der Waals surface area contributed by atoms with Crippen molar-refractivity contribution in [3.05, 3.63) is 35.9 Å². The molecule has 0 bridgehead atoms. The lowest BCUT2D eigenvalue weighted by molar-refractivity contribution is -0.121. The number of rotatable bonds is 4. The van der Waals surface area contributed by atoms with Crippen molar-refractivity contribution < 1.29 is 21.6 Å². The molecule has 0 saturated heterocycles. The van der Waals surface area contributed by atoms with E-state index < -0.39 is 28.5 Å². The first-order valence-electron chi connectivity index (χ1n) is 4.36. The van der Waals surface area contributed by atoms with Gasteiger partial charge in [-0.1, -0.05) is 30.3 Å². The molecule has 0 aliphatic rings. The molecule has 0 amide bonds. The van der Waals surface area contributed by atoms with Crippen LogP contribution in [0.4, 0.5) is 13.2 Å². The van der Waals surface area contributed by atoms with Gasteiger partial charge in [0.05, 0.1) is 5.75 Å². The minimum absolute atomic E-state index is 0.442. The van der Waals surface area contributed by atoms with Gasteiger partial charge in [-0.15, -0.1) is 0 Å². The minimum atomic E-state index is -4.54. The van der Waals surface area contributed by atoms with Crippen molar-refractivity contribution in [3.8, 4) is 0 Å². The molecular weight excluding hydrogens is 243 g/mol. The predicted molar refractivity (Wildman–Crippen MR) is 53.1 cm³/mol. The van der Waals surface area contributed by atoms with Gasteiger partial charge in [0.25, 0.3) is 0 Å². The van der Waals surface area contributed by atoms with Crippen LogP contribution >= 0.6 is 0 Å². The van der Waals surface area contributed by atoms with Crippen LogP contribution in [0.3, 0.4) is 0 Å². The average Bonchev–Trinajstić information content (AvgIpc) is 2.15. The SMILES string of the molecule is O=S(=O)(Cc1ccccc1)NCC(F)(F)F. The molecule has 1 rings (SSSR count). The molecule has 1 aromatic rings. The molecule has 0 heterocycles. The summed E-state index contributed by atoms with van der Waals surface area (Å²) in [6, 6.07) is 8.00. The zero-order chi connectivity index (χ0) is 12.2.